The predicted octanol–water partition coefficient (Wildman–Crippen LogP) is 1.77. The van der Waals surface area contributed by atoms with E-state index in [2.05, 4.69) is 11.3 Å². The normalized spacial score (nSPS) is 27.3. The van der Waals surface area contributed by atoms with Gasteiger partial charge in [-0.15, -0.1) is 6.58 Å². The van der Waals surface area contributed by atoms with Gasteiger partial charge in [-0.1, -0.05) is 24.3 Å². The fraction of sp³-hybridized carbons (Fsp3) is 0.273. The molecule has 1 aromatic carbocycles. The van der Waals surface area contributed by atoms with Crippen molar-refractivity contribution in [2.24, 2.45) is 0 Å². The summed E-state index contributed by atoms with van der Waals surface area (Å²) in [5.41, 5.74) is 0.280. The number of nitrogens with one attached hydrogen (secondary N) is 1. The molecule has 15 heavy (non-hydrogen) atoms. The highest BCUT2D eigenvalue weighted by Gasteiger charge is 2.41. The third-order valence-electron chi connectivity index (χ3n) is 2.68. The molecule has 3 nitrogen and oxygen atoms in total. The molecular formula is C11H13NO2S. The Hall–Kier alpha value is -1.13. The fourth-order valence-corrected chi connectivity index (χ4v) is 3.74. The molecule has 0 saturated carbocycles. The van der Waals surface area contributed by atoms with Crippen molar-refractivity contribution < 1.29 is 8.42 Å². The molecule has 1 N–H and O–H groups in total. The summed E-state index contributed by atoms with van der Waals surface area (Å²) < 4.78 is 26.3. The minimum atomic E-state index is -3.33. The summed E-state index contributed by atoms with van der Waals surface area (Å²) in [5.74, 6) is 0. The Morgan fingerprint density at radius 3 is 2.80 bits per heavy atom. The second-order valence-corrected chi connectivity index (χ2v) is 5.58. The number of rotatable bonds is 2. The van der Waals surface area contributed by atoms with Crippen LogP contribution in [0, 0.1) is 0 Å². The molecule has 0 unspecified atom stereocenters. The first-order valence-electron chi connectivity index (χ1n) is 4.74. The van der Waals surface area contributed by atoms with Crippen LogP contribution in [0.15, 0.2) is 41.8 Å². The number of fused-ring (bicyclic) bond motifs is 1. The van der Waals surface area contributed by atoms with Crippen molar-refractivity contribution in [2.75, 3.05) is 0 Å². The monoisotopic (exact) mass is 223 g/mol. The van der Waals surface area contributed by atoms with Crippen LogP contribution in [-0.4, -0.2) is 8.42 Å². The highest BCUT2D eigenvalue weighted by Crippen LogP contribution is 2.37. The van der Waals surface area contributed by atoms with Gasteiger partial charge in [-0.25, -0.2) is 13.1 Å². The van der Waals surface area contributed by atoms with Gasteiger partial charge in [0.2, 0.25) is 10.0 Å². The van der Waals surface area contributed by atoms with Crippen LogP contribution in [0.2, 0.25) is 0 Å². The SMILES string of the molecule is C=CC[C@]1(C)NS(=O)(=O)c2ccccc21. The summed E-state index contributed by atoms with van der Waals surface area (Å²) >= 11 is 0. The van der Waals surface area contributed by atoms with Gasteiger partial charge in [0.15, 0.2) is 0 Å². The minimum Gasteiger partial charge on any atom is -0.207 e. The number of sulfonamides is 1. The second kappa shape index (κ2) is 3.18. The van der Waals surface area contributed by atoms with Crippen LogP contribution in [0.1, 0.15) is 18.9 Å². The molecule has 0 bridgehead atoms. The van der Waals surface area contributed by atoms with Gasteiger partial charge in [-0.05, 0) is 25.0 Å². The average molecular weight is 223 g/mol. The van der Waals surface area contributed by atoms with Crippen LogP contribution in [-0.2, 0) is 15.6 Å². The first kappa shape index (κ1) is 10.4. The van der Waals surface area contributed by atoms with Gasteiger partial charge in [0, 0.05) is 0 Å². The zero-order valence-electron chi connectivity index (χ0n) is 8.53. The Labute approximate surface area is 89.9 Å². The summed E-state index contributed by atoms with van der Waals surface area (Å²) in [6, 6.07) is 7.06. The molecule has 1 atom stereocenters. The van der Waals surface area contributed by atoms with Crippen LogP contribution in [0.3, 0.4) is 0 Å². The van der Waals surface area contributed by atoms with Gasteiger partial charge in [0.05, 0.1) is 10.4 Å². The second-order valence-electron chi connectivity index (χ2n) is 3.93. The van der Waals surface area contributed by atoms with Crippen LogP contribution < -0.4 is 4.72 Å². The number of hydrogen-bond acceptors (Lipinski definition) is 2. The lowest BCUT2D eigenvalue weighted by atomic mass is 9.90. The first-order chi connectivity index (χ1) is 6.99. The zero-order chi connectivity index (χ0) is 11.1. The minimum absolute atomic E-state index is 0.384. The maximum absolute atomic E-state index is 11.8. The van der Waals surface area contributed by atoms with E-state index in [-0.39, 0.29) is 0 Å². The summed E-state index contributed by atoms with van der Waals surface area (Å²) in [4.78, 5) is 0.384. The fourth-order valence-electron chi connectivity index (χ4n) is 2.00. The number of benzene rings is 1. The van der Waals surface area contributed by atoms with E-state index in [1.807, 2.05) is 19.1 Å². The summed E-state index contributed by atoms with van der Waals surface area (Å²) in [6.07, 6.45) is 2.31. The van der Waals surface area contributed by atoms with Crippen molar-refractivity contribution in [3.8, 4) is 0 Å². The van der Waals surface area contributed by atoms with E-state index >= 15 is 0 Å². The van der Waals surface area contributed by atoms with Gasteiger partial charge in [0.1, 0.15) is 0 Å². The molecule has 80 valence electrons. The molecule has 0 saturated heterocycles. The molecule has 0 aromatic heterocycles. The van der Waals surface area contributed by atoms with Crippen LogP contribution in [0.4, 0.5) is 0 Å². The van der Waals surface area contributed by atoms with Crippen molar-refractivity contribution in [2.45, 2.75) is 23.8 Å². The van der Waals surface area contributed by atoms with Gasteiger partial charge in [-0.3, -0.25) is 0 Å². The lowest BCUT2D eigenvalue weighted by molar-refractivity contribution is 0.454. The van der Waals surface area contributed by atoms with Crippen molar-refractivity contribution in [3.63, 3.8) is 0 Å². The molecule has 0 amide bonds. The van der Waals surface area contributed by atoms with E-state index in [0.29, 0.717) is 11.3 Å². The van der Waals surface area contributed by atoms with Gasteiger partial charge >= 0.3 is 0 Å². The number of hydrogen-bond donors (Lipinski definition) is 1. The van der Waals surface area contributed by atoms with Crippen molar-refractivity contribution in [3.05, 3.63) is 42.5 Å². The molecule has 0 fully saturated rings. The summed E-state index contributed by atoms with van der Waals surface area (Å²) in [7, 11) is -3.33. The molecule has 1 aliphatic rings. The van der Waals surface area contributed by atoms with E-state index in [0.717, 1.165) is 5.56 Å². The van der Waals surface area contributed by atoms with E-state index in [1.54, 1.807) is 18.2 Å². The first-order valence-corrected chi connectivity index (χ1v) is 6.22. The molecule has 1 aromatic rings. The molecular weight excluding hydrogens is 210 g/mol. The Balaban J connectivity index is 2.66. The van der Waals surface area contributed by atoms with Crippen LogP contribution in [0.25, 0.3) is 0 Å². The maximum atomic E-state index is 11.8. The Bertz CT molecular complexity index is 507. The maximum Gasteiger partial charge on any atom is 0.241 e. The highest BCUT2D eigenvalue weighted by molar-refractivity contribution is 7.89. The Morgan fingerprint density at radius 2 is 2.13 bits per heavy atom. The standard InChI is InChI=1S/C11H13NO2S/c1-3-8-11(2)9-6-4-5-7-10(9)15(13,14)12-11/h3-7,12H,1,8H2,2H3/t11-/m0/s1. The molecule has 2 rings (SSSR count). The largest absolute Gasteiger partial charge is 0.241 e. The molecule has 0 spiro atoms. The lowest BCUT2D eigenvalue weighted by Gasteiger charge is -2.22. The van der Waals surface area contributed by atoms with E-state index in [1.165, 1.54) is 0 Å². The smallest absolute Gasteiger partial charge is 0.207 e. The molecule has 0 aliphatic carbocycles. The molecule has 0 radical (unpaired) electrons. The highest BCUT2D eigenvalue weighted by atomic mass is 32.2. The van der Waals surface area contributed by atoms with E-state index in [4.69, 9.17) is 0 Å². The third kappa shape index (κ3) is 1.50. The van der Waals surface area contributed by atoms with Crippen molar-refractivity contribution in [1.82, 2.24) is 4.72 Å². The third-order valence-corrected chi connectivity index (χ3v) is 4.34. The van der Waals surface area contributed by atoms with Crippen molar-refractivity contribution >= 4 is 10.0 Å². The Kier molecular flexibility index (Phi) is 2.20. The predicted molar refractivity (Wildman–Crippen MR) is 58.9 cm³/mol. The lowest BCUT2D eigenvalue weighted by Crippen LogP contribution is -2.35. The van der Waals surface area contributed by atoms with Gasteiger partial charge in [-0.2, -0.15) is 0 Å². The Morgan fingerprint density at radius 1 is 1.47 bits per heavy atom. The van der Waals surface area contributed by atoms with Gasteiger partial charge in [0.25, 0.3) is 0 Å². The zero-order valence-corrected chi connectivity index (χ0v) is 9.34. The quantitative estimate of drug-likeness (QED) is 0.777. The molecule has 1 aliphatic heterocycles. The van der Waals surface area contributed by atoms with Crippen LogP contribution >= 0.6 is 0 Å². The summed E-state index contributed by atoms with van der Waals surface area (Å²) in [5, 5.41) is 0. The van der Waals surface area contributed by atoms with Gasteiger partial charge < -0.3 is 0 Å². The molecule has 1 heterocycles. The summed E-state index contributed by atoms with van der Waals surface area (Å²) in [6.45, 7) is 5.53. The topological polar surface area (TPSA) is 46.2 Å². The average Bonchev–Trinajstić information content (AvgIpc) is 2.36. The van der Waals surface area contributed by atoms with E-state index in [9.17, 15) is 8.42 Å². The van der Waals surface area contributed by atoms with Crippen molar-refractivity contribution in [1.29, 1.82) is 0 Å². The van der Waals surface area contributed by atoms with Crippen LogP contribution in [0.5, 0.6) is 0 Å². The van der Waals surface area contributed by atoms with E-state index < -0.39 is 15.6 Å². The molecule has 4 heteroatoms.